The molecule has 0 amide bonds. The first-order valence-corrected chi connectivity index (χ1v) is 9.04. The van der Waals surface area contributed by atoms with Crippen LogP contribution in [0.2, 0.25) is 0 Å². The van der Waals surface area contributed by atoms with Crippen molar-refractivity contribution in [3.8, 4) is 5.75 Å². The van der Waals surface area contributed by atoms with Crippen LogP contribution < -0.4 is 10.1 Å². The molecule has 0 unspecified atom stereocenters. The summed E-state index contributed by atoms with van der Waals surface area (Å²) in [4.78, 5) is 0.831. The van der Waals surface area contributed by atoms with Crippen molar-refractivity contribution in [2.75, 3.05) is 5.32 Å². The Bertz CT molecular complexity index is 700. The number of aryl methyl sites for hydroxylation is 2. The zero-order chi connectivity index (χ0) is 16.8. The summed E-state index contributed by atoms with van der Waals surface area (Å²) >= 11 is 8.82. The average Bonchev–Trinajstić information content (AvgIpc) is 2.55. The highest BCUT2D eigenvalue weighted by Gasteiger charge is 2.07. The Morgan fingerprint density at radius 2 is 1.96 bits per heavy atom. The van der Waals surface area contributed by atoms with Crippen LogP contribution in [0.4, 0.5) is 5.69 Å². The van der Waals surface area contributed by atoms with E-state index in [0.717, 1.165) is 44.9 Å². The first kappa shape index (κ1) is 18.0. The van der Waals surface area contributed by atoms with E-state index < -0.39 is 0 Å². The molecule has 2 nitrogen and oxygen atoms in total. The van der Waals surface area contributed by atoms with Crippen LogP contribution >= 0.6 is 28.1 Å². The third kappa shape index (κ3) is 5.05. The molecule has 0 saturated heterocycles. The van der Waals surface area contributed by atoms with Gasteiger partial charge in [-0.2, -0.15) is 0 Å². The highest BCUT2D eigenvalue weighted by atomic mass is 79.9. The van der Waals surface area contributed by atoms with Crippen molar-refractivity contribution in [1.29, 1.82) is 0 Å². The number of ether oxygens (including phenoxy) is 1. The molecule has 0 spiro atoms. The molecule has 0 atom stereocenters. The van der Waals surface area contributed by atoms with Gasteiger partial charge in [-0.05, 0) is 55.2 Å². The van der Waals surface area contributed by atoms with Gasteiger partial charge in [0.15, 0.2) is 0 Å². The number of halogens is 1. The number of hydrogen-bond acceptors (Lipinski definition) is 2. The molecule has 0 aromatic heterocycles. The second kappa shape index (κ2) is 8.46. The summed E-state index contributed by atoms with van der Waals surface area (Å²) in [5, 5.41) is 3.29. The van der Waals surface area contributed by atoms with Crippen molar-refractivity contribution in [3.05, 3.63) is 57.6 Å². The molecule has 0 bridgehead atoms. The highest BCUT2D eigenvalue weighted by molar-refractivity contribution is 9.10. The van der Waals surface area contributed by atoms with E-state index in [-0.39, 0.29) is 0 Å². The quantitative estimate of drug-likeness (QED) is 0.605. The topological polar surface area (TPSA) is 21.3 Å². The average molecular weight is 392 g/mol. The molecule has 1 N–H and O–H groups in total. The second-order valence-corrected chi connectivity index (χ2v) is 6.85. The summed E-state index contributed by atoms with van der Waals surface area (Å²) in [5.41, 5.74) is 4.57. The molecule has 2 rings (SSSR count). The molecule has 0 aliphatic heterocycles. The lowest BCUT2D eigenvalue weighted by Gasteiger charge is -2.15. The lowest BCUT2D eigenvalue weighted by molar-refractivity contribution is 0.304. The van der Waals surface area contributed by atoms with Gasteiger partial charge in [-0.25, -0.2) is 0 Å². The van der Waals surface area contributed by atoms with Crippen LogP contribution in [0, 0.1) is 6.92 Å². The van der Waals surface area contributed by atoms with Gasteiger partial charge in [0.25, 0.3) is 0 Å². The second-order valence-electron chi connectivity index (χ2n) is 5.45. The molecule has 2 aromatic carbocycles. The van der Waals surface area contributed by atoms with Gasteiger partial charge in [0.2, 0.25) is 0 Å². The third-order valence-electron chi connectivity index (χ3n) is 3.69. The van der Waals surface area contributed by atoms with E-state index in [1.807, 2.05) is 19.1 Å². The van der Waals surface area contributed by atoms with Crippen molar-refractivity contribution >= 4 is 38.8 Å². The minimum absolute atomic E-state index is 0.500. The number of thiocarbonyl (C=S) groups is 1. The van der Waals surface area contributed by atoms with Crippen LogP contribution in [0.3, 0.4) is 0 Å². The van der Waals surface area contributed by atoms with Crippen molar-refractivity contribution in [3.63, 3.8) is 0 Å². The normalized spacial score (nSPS) is 10.4. The zero-order valence-corrected chi connectivity index (χ0v) is 16.2. The van der Waals surface area contributed by atoms with E-state index in [1.54, 1.807) is 0 Å². The monoisotopic (exact) mass is 391 g/mol. The first-order valence-electron chi connectivity index (χ1n) is 7.84. The number of hydrogen-bond donors (Lipinski definition) is 1. The Labute approximate surface area is 152 Å². The molecule has 122 valence electrons. The fourth-order valence-electron chi connectivity index (χ4n) is 2.29. The van der Waals surface area contributed by atoms with Gasteiger partial charge < -0.3 is 10.1 Å². The Hall–Kier alpha value is -1.39. The lowest BCUT2D eigenvalue weighted by Crippen LogP contribution is -2.10. The summed E-state index contributed by atoms with van der Waals surface area (Å²) in [6.07, 6.45) is 1.86. The molecule has 2 aromatic rings. The summed E-state index contributed by atoms with van der Waals surface area (Å²) < 4.78 is 7.06. The van der Waals surface area contributed by atoms with Crippen LogP contribution in [-0.2, 0) is 13.0 Å². The molecule has 0 aliphatic rings. The Morgan fingerprint density at radius 3 is 2.61 bits per heavy atom. The van der Waals surface area contributed by atoms with Gasteiger partial charge >= 0.3 is 0 Å². The molecule has 0 radical (unpaired) electrons. The minimum Gasteiger partial charge on any atom is -0.489 e. The first-order chi connectivity index (χ1) is 11.0. The van der Waals surface area contributed by atoms with Gasteiger partial charge in [-0.15, -0.1) is 0 Å². The standard InChI is InChI=1S/C19H22BrNOS/c1-4-14-6-9-18(13(3)10-14)22-12-15-11-16(20)7-8-17(15)21-19(23)5-2/h6-11H,4-5,12H2,1-3H3,(H,21,23). The summed E-state index contributed by atoms with van der Waals surface area (Å²) in [6.45, 7) is 6.79. The molecular formula is C19H22BrNOS. The summed E-state index contributed by atoms with van der Waals surface area (Å²) in [5.74, 6) is 0.922. The molecule has 0 fully saturated rings. The van der Waals surface area contributed by atoms with Crippen LogP contribution in [0.25, 0.3) is 0 Å². The Kier molecular flexibility index (Phi) is 6.60. The number of nitrogens with one attached hydrogen (secondary N) is 1. The van der Waals surface area contributed by atoms with Gasteiger partial charge in [0, 0.05) is 15.7 Å². The molecule has 0 aliphatic carbocycles. The van der Waals surface area contributed by atoms with Crippen molar-refractivity contribution in [1.82, 2.24) is 0 Å². The van der Waals surface area contributed by atoms with Crippen LogP contribution in [0.15, 0.2) is 40.9 Å². The zero-order valence-electron chi connectivity index (χ0n) is 13.8. The molecule has 0 heterocycles. The van der Waals surface area contributed by atoms with Gasteiger partial charge in [-0.3, -0.25) is 0 Å². The van der Waals surface area contributed by atoms with Crippen molar-refractivity contribution in [2.24, 2.45) is 0 Å². The van der Waals surface area contributed by atoms with Gasteiger partial charge in [0.05, 0.1) is 4.99 Å². The fraction of sp³-hybridized carbons (Fsp3) is 0.316. The third-order valence-corrected chi connectivity index (χ3v) is 4.58. The van der Waals surface area contributed by atoms with Crippen LogP contribution in [0.5, 0.6) is 5.75 Å². The lowest BCUT2D eigenvalue weighted by atomic mass is 10.1. The van der Waals surface area contributed by atoms with E-state index in [4.69, 9.17) is 17.0 Å². The summed E-state index contributed by atoms with van der Waals surface area (Å²) in [7, 11) is 0. The van der Waals surface area contributed by atoms with Crippen LogP contribution in [-0.4, -0.2) is 4.99 Å². The molecule has 23 heavy (non-hydrogen) atoms. The van der Waals surface area contributed by atoms with Crippen molar-refractivity contribution < 1.29 is 4.74 Å². The molecule has 4 heteroatoms. The molecular weight excluding hydrogens is 370 g/mol. The molecule has 0 saturated carbocycles. The van der Waals surface area contributed by atoms with E-state index in [1.165, 1.54) is 5.56 Å². The number of anilines is 1. The van der Waals surface area contributed by atoms with E-state index in [9.17, 15) is 0 Å². The van der Waals surface area contributed by atoms with Gasteiger partial charge in [0.1, 0.15) is 12.4 Å². The number of rotatable bonds is 6. The maximum absolute atomic E-state index is 6.03. The van der Waals surface area contributed by atoms with Gasteiger partial charge in [-0.1, -0.05) is 54.1 Å². The Morgan fingerprint density at radius 1 is 1.17 bits per heavy atom. The largest absolute Gasteiger partial charge is 0.489 e. The Balaban J connectivity index is 2.16. The highest BCUT2D eigenvalue weighted by Crippen LogP contribution is 2.25. The predicted molar refractivity (Wildman–Crippen MR) is 106 cm³/mol. The van der Waals surface area contributed by atoms with Crippen molar-refractivity contribution in [2.45, 2.75) is 40.2 Å². The predicted octanol–water partition coefficient (Wildman–Crippen LogP) is 6.05. The minimum atomic E-state index is 0.500. The SMILES string of the molecule is CCC(=S)Nc1ccc(Br)cc1COc1ccc(CC)cc1C. The number of benzene rings is 2. The van der Waals surface area contributed by atoms with E-state index in [0.29, 0.717) is 6.61 Å². The summed E-state index contributed by atoms with van der Waals surface area (Å²) in [6, 6.07) is 12.5. The maximum atomic E-state index is 6.03. The van der Waals surface area contributed by atoms with E-state index >= 15 is 0 Å². The maximum Gasteiger partial charge on any atom is 0.122 e. The van der Waals surface area contributed by atoms with Crippen LogP contribution in [0.1, 0.15) is 37.0 Å². The smallest absolute Gasteiger partial charge is 0.122 e. The van der Waals surface area contributed by atoms with E-state index in [2.05, 4.69) is 59.4 Å². The fourth-order valence-corrected chi connectivity index (χ4v) is 2.81.